The van der Waals surface area contributed by atoms with E-state index in [9.17, 15) is 0 Å². The van der Waals surface area contributed by atoms with E-state index in [1.807, 2.05) is 0 Å². The Kier molecular flexibility index (Phi) is 21.1. The fourth-order valence-electron chi connectivity index (χ4n) is 0.529. The topological polar surface area (TPSA) is 55.4 Å². The van der Waals surface area contributed by atoms with Gasteiger partial charge in [-0.2, -0.15) is 0 Å². The van der Waals surface area contributed by atoms with E-state index in [1.165, 1.54) is 14.2 Å². The molecule has 0 unspecified atom stereocenters. The fourth-order valence-corrected chi connectivity index (χ4v) is 1.12. The largest absolute Gasteiger partial charge is 0.649 e. The summed E-state index contributed by atoms with van der Waals surface area (Å²) in [5, 5.41) is 0. The summed E-state index contributed by atoms with van der Waals surface area (Å²) in [6.07, 6.45) is 0. The smallest absolute Gasteiger partial charge is 0.479 e. The van der Waals surface area contributed by atoms with Gasteiger partial charge >= 0.3 is 15.9 Å². The zero-order chi connectivity index (χ0) is 9.78. The molecule has 8 heteroatoms. The van der Waals surface area contributed by atoms with Crippen LogP contribution >= 0.6 is 0 Å². The number of hydrogen-bond acceptors (Lipinski definition) is 6. The van der Waals surface area contributed by atoms with E-state index in [0.29, 0.717) is 26.4 Å². The van der Waals surface area contributed by atoms with Gasteiger partial charge in [0.15, 0.2) is 0 Å². The summed E-state index contributed by atoms with van der Waals surface area (Å²) < 4.78 is 10.3. The summed E-state index contributed by atoms with van der Waals surface area (Å²) in [4.78, 5) is 17.9. The molecule has 0 aliphatic heterocycles. The van der Waals surface area contributed by atoms with E-state index in [0.717, 1.165) is 0 Å². The predicted octanol–water partition coefficient (Wildman–Crippen LogP) is -0.939. The fraction of sp³-hybridized carbons (Fsp3) is 1.00. The van der Waals surface area contributed by atoms with Crippen molar-refractivity contribution in [2.75, 3.05) is 40.6 Å². The van der Waals surface area contributed by atoms with E-state index in [2.05, 4.69) is 19.6 Å². The zero-order valence-corrected chi connectivity index (χ0v) is 12.4. The van der Waals surface area contributed by atoms with E-state index < -0.39 is 15.9 Å². The third-order valence-corrected chi connectivity index (χ3v) is 1.94. The first-order valence-electron chi connectivity index (χ1n) is 3.88. The number of rotatable bonds is 10. The van der Waals surface area contributed by atoms with Gasteiger partial charge in [0.2, 0.25) is 0 Å². The second-order valence-electron chi connectivity index (χ2n) is 1.91. The molecule has 0 spiro atoms. The molecule has 0 N–H and O–H groups in total. The van der Waals surface area contributed by atoms with Gasteiger partial charge in [-0.3, -0.25) is 0 Å². The molecule has 0 heterocycles. The monoisotopic (exact) mass is 233 g/mol. The molecule has 79 valence electrons. The average molecular weight is 233 g/mol. The second kappa shape index (κ2) is 16.7. The van der Waals surface area contributed by atoms with E-state index >= 15 is 0 Å². The molecule has 0 rings (SSSR count). The maximum atomic E-state index is 5.13. The van der Waals surface area contributed by atoms with Gasteiger partial charge < -0.3 is 7.58 Å². The molecule has 0 saturated heterocycles. The first-order valence-corrected chi connectivity index (χ1v) is 5.04. The van der Waals surface area contributed by atoms with Crippen LogP contribution in [0, 0.1) is 0 Å². The van der Waals surface area contributed by atoms with Crippen molar-refractivity contribution in [2.24, 2.45) is 0 Å². The molecule has 0 aromatic rings. The predicted molar refractivity (Wildman–Crippen MR) is 50.7 cm³/mol. The summed E-state index contributed by atoms with van der Waals surface area (Å²) in [5.74, 6) is 0. The van der Waals surface area contributed by atoms with Crippen molar-refractivity contribution < 1.29 is 27.1 Å². The minimum absolute atomic E-state index is 0. The molecule has 0 amide bonds. The molecule has 6 nitrogen and oxygen atoms in total. The minimum Gasteiger partial charge on any atom is -0.479 e. The van der Waals surface area contributed by atoms with Crippen molar-refractivity contribution in [2.45, 2.75) is 0 Å². The number of hydrogen-bond donors (Lipinski definition) is 0. The van der Waals surface area contributed by atoms with Crippen molar-refractivity contribution in [3.8, 4) is 0 Å². The Hall–Kier alpha value is 1.29. The van der Waals surface area contributed by atoms with E-state index in [1.54, 1.807) is 0 Å². The maximum Gasteiger partial charge on any atom is 0.649 e. The minimum atomic E-state index is -0.916. The summed E-state index contributed by atoms with van der Waals surface area (Å²) in [5.41, 5.74) is 0. The van der Waals surface area contributed by atoms with Crippen LogP contribution in [-0.4, -0.2) is 86.1 Å². The van der Waals surface area contributed by atoms with Gasteiger partial charge in [0.25, 0.3) is 0 Å². The van der Waals surface area contributed by atoms with Crippen LogP contribution in [0.25, 0.3) is 0 Å². The molecule has 14 heavy (non-hydrogen) atoms. The van der Waals surface area contributed by atoms with Crippen LogP contribution in [0.15, 0.2) is 0 Å². The summed E-state index contributed by atoms with van der Waals surface area (Å²) in [6, 6.07) is 0. The van der Waals surface area contributed by atoms with Crippen molar-refractivity contribution in [3.63, 3.8) is 0 Å². The van der Waals surface area contributed by atoms with Gasteiger partial charge in [0, 0.05) is 42.8 Å². The Morgan fingerprint density at radius 2 is 1.21 bits per heavy atom. The molecule has 0 saturated carbocycles. The van der Waals surface area contributed by atoms with Gasteiger partial charge in [0.1, 0.15) is 13.2 Å². The van der Waals surface area contributed by atoms with Gasteiger partial charge in [-0.1, -0.05) is 0 Å². The Morgan fingerprint density at radius 3 is 1.57 bits per heavy atom. The van der Waals surface area contributed by atoms with Crippen LogP contribution in [0.3, 0.4) is 0 Å². The molecule has 0 aromatic carbocycles. The van der Waals surface area contributed by atoms with Gasteiger partial charge in [-0.25, -0.2) is 19.6 Å². The second-order valence-corrected chi connectivity index (χ2v) is 2.96. The summed E-state index contributed by atoms with van der Waals surface area (Å²) in [6.45, 7) is 1.82. The maximum absolute atomic E-state index is 5.13. The van der Waals surface area contributed by atoms with Crippen molar-refractivity contribution in [1.82, 2.24) is 0 Å². The van der Waals surface area contributed by atoms with E-state index in [-0.39, 0.29) is 29.6 Å². The van der Waals surface area contributed by atoms with Crippen molar-refractivity contribution >= 4 is 45.4 Å². The van der Waals surface area contributed by atoms with E-state index in [4.69, 9.17) is 7.58 Å². The quantitative estimate of drug-likeness (QED) is 0.210. The summed E-state index contributed by atoms with van der Waals surface area (Å²) in [7, 11) is 2.91. The molecule has 0 atom stereocenters. The zero-order valence-electron chi connectivity index (χ0n) is 8.99. The first-order chi connectivity index (χ1) is 6.41. The van der Waals surface area contributed by atoms with Crippen molar-refractivity contribution in [3.05, 3.63) is 0 Å². The van der Waals surface area contributed by atoms with Crippen LogP contribution in [0.4, 0.5) is 0 Å². The van der Waals surface area contributed by atoms with Gasteiger partial charge in [-0.05, 0) is 0 Å². The Bertz CT molecular complexity index is 88.4. The SMILES string of the molecule is COOCC[O][AlH][O]CCOOC.[Na]. The molecule has 0 bridgehead atoms. The normalized spacial score (nSPS) is 9.57. The standard InChI is InChI=1S/2C3H7O3.Al.Na.H/c2*1-5-6-3-2-4;;;/h2*2-3H2,1H3;;;/q2*-1;+2;;. The Morgan fingerprint density at radius 1 is 0.786 bits per heavy atom. The average Bonchev–Trinajstić information content (AvgIpc) is 2.16. The third kappa shape index (κ3) is 15.8. The van der Waals surface area contributed by atoms with Crippen molar-refractivity contribution in [1.29, 1.82) is 0 Å². The first kappa shape index (κ1) is 17.7. The van der Waals surface area contributed by atoms with Crippen LogP contribution in [-0.2, 0) is 27.1 Å². The molecule has 0 aliphatic carbocycles. The molecule has 1 radical (unpaired) electrons. The van der Waals surface area contributed by atoms with Crippen LogP contribution in [0.5, 0.6) is 0 Å². The molecule has 0 aromatic heterocycles. The van der Waals surface area contributed by atoms with Gasteiger partial charge in [-0.15, -0.1) is 0 Å². The van der Waals surface area contributed by atoms with Crippen LogP contribution < -0.4 is 0 Å². The third-order valence-electron chi connectivity index (χ3n) is 1.02. The molecular weight excluding hydrogens is 218 g/mol. The van der Waals surface area contributed by atoms with Gasteiger partial charge in [0.05, 0.1) is 14.2 Å². The van der Waals surface area contributed by atoms with Crippen LogP contribution in [0.1, 0.15) is 0 Å². The molecule has 0 aliphatic rings. The molecular formula is C6H15AlNaO6. The Labute approximate surface area is 113 Å². The Balaban J connectivity index is 0. The molecule has 0 fully saturated rings. The van der Waals surface area contributed by atoms with Crippen LogP contribution in [0.2, 0.25) is 0 Å². The summed E-state index contributed by atoms with van der Waals surface area (Å²) >= 11 is -0.916.